The van der Waals surface area contributed by atoms with Crippen molar-refractivity contribution in [1.82, 2.24) is 19.6 Å². The molecule has 0 aliphatic heterocycles. The summed E-state index contributed by atoms with van der Waals surface area (Å²) in [6.07, 6.45) is 1.69. The number of hydrogen-bond acceptors (Lipinski definition) is 3. The van der Waals surface area contributed by atoms with Crippen LogP contribution in [0, 0.1) is 13.8 Å². The van der Waals surface area contributed by atoms with Crippen LogP contribution in [0.15, 0.2) is 53.5 Å². The number of aromatic nitrogens is 4. The van der Waals surface area contributed by atoms with E-state index >= 15 is 0 Å². The highest BCUT2D eigenvalue weighted by atomic mass is 35.5. The van der Waals surface area contributed by atoms with Gasteiger partial charge in [0.1, 0.15) is 5.52 Å². The summed E-state index contributed by atoms with van der Waals surface area (Å²) in [4.78, 5) is 13.2. The predicted octanol–water partition coefficient (Wildman–Crippen LogP) is 4.55. The summed E-state index contributed by atoms with van der Waals surface area (Å²) in [6.45, 7) is 4.16. The van der Waals surface area contributed by atoms with E-state index in [0.717, 1.165) is 27.9 Å². The standard InChI is InChI=1S/C20H16Cl2N4O/c1-12-5-3-4-6-18(12)26-19-15(10-23-26)13(2)24-25(20(19)27)11-14-7-8-16(21)17(22)9-14/h3-10H,11H2,1-2H3. The Balaban J connectivity index is 1.89. The number of benzene rings is 2. The number of rotatable bonds is 3. The Morgan fingerprint density at radius 3 is 2.56 bits per heavy atom. The molecule has 27 heavy (non-hydrogen) atoms. The van der Waals surface area contributed by atoms with E-state index in [9.17, 15) is 4.79 Å². The molecule has 5 nitrogen and oxygen atoms in total. The normalized spacial score (nSPS) is 11.3. The molecule has 0 aliphatic carbocycles. The van der Waals surface area contributed by atoms with Gasteiger partial charge in [-0.25, -0.2) is 9.36 Å². The second-order valence-corrected chi connectivity index (χ2v) is 7.22. The van der Waals surface area contributed by atoms with Crippen LogP contribution in [0.5, 0.6) is 0 Å². The molecular weight excluding hydrogens is 383 g/mol. The molecule has 0 saturated carbocycles. The Morgan fingerprint density at radius 2 is 1.81 bits per heavy atom. The van der Waals surface area contributed by atoms with Gasteiger partial charge in [0.25, 0.3) is 5.56 Å². The van der Waals surface area contributed by atoms with Gasteiger partial charge in [-0.1, -0.05) is 47.5 Å². The molecule has 2 aromatic carbocycles. The molecule has 4 aromatic rings. The van der Waals surface area contributed by atoms with E-state index in [0.29, 0.717) is 22.1 Å². The van der Waals surface area contributed by atoms with Crippen LogP contribution in [0.2, 0.25) is 10.0 Å². The van der Waals surface area contributed by atoms with E-state index in [1.165, 1.54) is 4.68 Å². The second kappa shape index (κ2) is 6.83. The number of aryl methyl sites for hydroxylation is 2. The molecule has 0 aliphatic rings. The fourth-order valence-corrected chi connectivity index (χ4v) is 3.44. The van der Waals surface area contributed by atoms with Crippen LogP contribution in [-0.2, 0) is 6.54 Å². The van der Waals surface area contributed by atoms with Gasteiger partial charge in [-0.15, -0.1) is 0 Å². The Labute approximate surface area is 165 Å². The van der Waals surface area contributed by atoms with Gasteiger partial charge in [0, 0.05) is 5.39 Å². The lowest BCUT2D eigenvalue weighted by Crippen LogP contribution is -2.26. The molecule has 0 saturated heterocycles. The highest BCUT2D eigenvalue weighted by Crippen LogP contribution is 2.23. The summed E-state index contributed by atoms with van der Waals surface area (Å²) in [5, 5.41) is 10.6. The molecule has 136 valence electrons. The Morgan fingerprint density at radius 1 is 1.04 bits per heavy atom. The molecule has 2 heterocycles. The summed E-state index contributed by atoms with van der Waals surface area (Å²) in [5.74, 6) is 0. The molecule has 0 fully saturated rings. The number of hydrogen-bond donors (Lipinski definition) is 0. The van der Waals surface area contributed by atoms with Crippen LogP contribution in [0.1, 0.15) is 16.8 Å². The minimum absolute atomic E-state index is 0.206. The molecule has 4 rings (SSSR count). The van der Waals surface area contributed by atoms with Crippen LogP contribution < -0.4 is 5.56 Å². The number of nitrogens with zero attached hydrogens (tertiary/aromatic N) is 4. The number of para-hydroxylation sites is 1. The van der Waals surface area contributed by atoms with Crippen LogP contribution in [0.3, 0.4) is 0 Å². The van der Waals surface area contributed by atoms with E-state index in [1.807, 2.05) is 44.2 Å². The molecule has 7 heteroatoms. The maximum absolute atomic E-state index is 13.2. The zero-order valence-electron chi connectivity index (χ0n) is 14.8. The summed E-state index contributed by atoms with van der Waals surface area (Å²) in [5.41, 5.74) is 3.80. The van der Waals surface area contributed by atoms with E-state index < -0.39 is 0 Å². The van der Waals surface area contributed by atoms with E-state index in [4.69, 9.17) is 23.2 Å². The lowest BCUT2D eigenvalue weighted by molar-refractivity contribution is 0.634. The summed E-state index contributed by atoms with van der Waals surface area (Å²) in [7, 11) is 0. The first-order valence-corrected chi connectivity index (χ1v) is 9.16. The topological polar surface area (TPSA) is 52.7 Å². The smallest absolute Gasteiger partial charge is 0.265 e. The highest BCUT2D eigenvalue weighted by Gasteiger charge is 2.16. The molecule has 0 radical (unpaired) electrons. The molecular formula is C20H16Cl2N4O. The molecule has 0 N–H and O–H groups in total. The largest absolute Gasteiger partial charge is 0.293 e. The molecule has 0 spiro atoms. The summed E-state index contributed by atoms with van der Waals surface area (Å²) >= 11 is 12.1. The van der Waals surface area contributed by atoms with Gasteiger partial charge in [-0.3, -0.25) is 4.79 Å². The van der Waals surface area contributed by atoms with E-state index in [1.54, 1.807) is 23.0 Å². The second-order valence-electron chi connectivity index (χ2n) is 6.40. The maximum Gasteiger partial charge on any atom is 0.293 e. The van der Waals surface area contributed by atoms with Crippen LogP contribution in [-0.4, -0.2) is 19.6 Å². The number of halogens is 2. The monoisotopic (exact) mass is 398 g/mol. The van der Waals surface area contributed by atoms with Gasteiger partial charge in [0.05, 0.1) is 34.2 Å². The van der Waals surface area contributed by atoms with Gasteiger partial charge in [-0.05, 0) is 43.2 Å². The molecule has 0 bridgehead atoms. The molecule has 0 amide bonds. The van der Waals surface area contributed by atoms with Gasteiger partial charge in [0.2, 0.25) is 0 Å². The first-order valence-electron chi connectivity index (χ1n) is 8.41. The van der Waals surface area contributed by atoms with Crippen molar-refractivity contribution in [3.05, 3.63) is 85.9 Å². The van der Waals surface area contributed by atoms with Crippen molar-refractivity contribution < 1.29 is 0 Å². The molecule has 0 atom stereocenters. The van der Waals surface area contributed by atoms with Crippen molar-refractivity contribution in [3.8, 4) is 5.69 Å². The zero-order chi connectivity index (χ0) is 19.1. The van der Waals surface area contributed by atoms with Crippen molar-refractivity contribution in [2.45, 2.75) is 20.4 Å². The number of fused-ring (bicyclic) bond motifs is 1. The third-order valence-electron chi connectivity index (χ3n) is 4.53. The minimum Gasteiger partial charge on any atom is -0.265 e. The van der Waals surface area contributed by atoms with Crippen molar-refractivity contribution in [2.24, 2.45) is 0 Å². The van der Waals surface area contributed by atoms with Crippen molar-refractivity contribution in [1.29, 1.82) is 0 Å². The van der Waals surface area contributed by atoms with Crippen molar-refractivity contribution >= 4 is 34.1 Å². The first-order chi connectivity index (χ1) is 13.0. The fraction of sp³-hybridized carbons (Fsp3) is 0.150. The van der Waals surface area contributed by atoms with E-state index in [2.05, 4.69) is 10.2 Å². The van der Waals surface area contributed by atoms with Gasteiger partial charge in [-0.2, -0.15) is 10.2 Å². The Hall–Kier alpha value is -2.63. The van der Waals surface area contributed by atoms with Crippen LogP contribution in [0.25, 0.3) is 16.6 Å². The quantitative estimate of drug-likeness (QED) is 0.508. The maximum atomic E-state index is 13.2. The Bertz CT molecular complexity index is 1230. The predicted molar refractivity (Wildman–Crippen MR) is 108 cm³/mol. The lowest BCUT2D eigenvalue weighted by atomic mass is 10.2. The average Bonchev–Trinajstić information content (AvgIpc) is 3.08. The van der Waals surface area contributed by atoms with Gasteiger partial charge >= 0.3 is 0 Å². The Kier molecular flexibility index (Phi) is 4.50. The van der Waals surface area contributed by atoms with Gasteiger partial charge in [0.15, 0.2) is 0 Å². The lowest BCUT2D eigenvalue weighted by Gasteiger charge is -2.10. The zero-order valence-corrected chi connectivity index (χ0v) is 16.3. The van der Waals surface area contributed by atoms with Crippen LogP contribution in [0.4, 0.5) is 0 Å². The molecule has 0 unspecified atom stereocenters. The van der Waals surface area contributed by atoms with Crippen LogP contribution >= 0.6 is 23.2 Å². The first kappa shape index (κ1) is 17.8. The summed E-state index contributed by atoms with van der Waals surface area (Å²) in [6, 6.07) is 13.1. The van der Waals surface area contributed by atoms with Crippen molar-refractivity contribution in [2.75, 3.05) is 0 Å². The SMILES string of the molecule is Cc1ccccc1-n1ncc2c(C)nn(Cc3ccc(Cl)c(Cl)c3)c(=O)c21. The van der Waals surface area contributed by atoms with Crippen molar-refractivity contribution in [3.63, 3.8) is 0 Å². The average molecular weight is 399 g/mol. The third kappa shape index (κ3) is 3.13. The van der Waals surface area contributed by atoms with E-state index in [-0.39, 0.29) is 5.56 Å². The third-order valence-corrected chi connectivity index (χ3v) is 5.27. The summed E-state index contributed by atoms with van der Waals surface area (Å²) < 4.78 is 3.13. The fourth-order valence-electron chi connectivity index (χ4n) is 3.12. The van der Waals surface area contributed by atoms with Gasteiger partial charge < -0.3 is 0 Å². The highest BCUT2D eigenvalue weighted by molar-refractivity contribution is 6.42. The molecule has 2 aromatic heterocycles. The minimum atomic E-state index is -0.206.